The minimum Gasteiger partial charge on any atom is -0.490 e. The summed E-state index contributed by atoms with van der Waals surface area (Å²) in [7, 11) is 1.31. The van der Waals surface area contributed by atoms with Crippen molar-refractivity contribution in [2.45, 2.75) is 33.1 Å². The highest BCUT2D eigenvalue weighted by atomic mass is 79.9. The van der Waals surface area contributed by atoms with E-state index in [-0.39, 0.29) is 40.1 Å². The molecule has 4 amide bonds. The number of benzene rings is 6. The quantitative estimate of drug-likeness (QED) is 0.0784. The molecule has 0 aromatic heterocycles. The van der Waals surface area contributed by atoms with Crippen LogP contribution in [-0.4, -0.2) is 35.7 Å². The van der Waals surface area contributed by atoms with Gasteiger partial charge >= 0.3 is 5.69 Å². The van der Waals surface area contributed by atoms with Crippen molar-refractivity contribution in [1.29, 1.82) is 0 Å². The Hall–Kier alpha value is -6.83. The van der Waals surface area contributed by atoms with E-state index < -0.39 is 10.8 Å². The minimum atomic E-state index is -0.622. The molecule has 0 saturated heterocycles. The molecule has 0 atom stereocenters. The van der Waals surface area contributed by atoms with Crippen LogP contribution in [0.25, 0.3) is 0 Å². The fourth-order valence-electron chi connectivity index (χ4n) is 5.59. The molecule has 4 N–H and O–H groups in total. The molecule has 0 aliphatic heterocycles. The van der Waals surface area contributed by atoms with Crippen LogP contribution in [0.2, 0.25) is 5.02 Å². The number of nitrogens with zero attached hydrogens (tertiary/aromatic N) is 1. The summed E-state index contributed by atoms with van der Waals surface area (Å²) in [6.07, 6.45) is 0. The molecule has 0 heterocycles. The van der Waals surface area contributed by atoms with Crippen LogP contribution in [-0.2, 0) is 5.41 Å². The lowest BCUT2D eigenvalue weighted by atomic mass is 9.87. The highest BCUT2D eigenvalue weighted by Gasteiger charge is 2.19. The lowest BCUT2D eigenvalue weighted by Gasteiger charge is -2.19. The third kappa shape index (κ3) is 12.1. The first-order valence-corrected chi connectivity index (χ1v) is 19.6. The number of rotatable bonds is 10. The summed E-state index contributed by atoms with van der Waals surface area (Å²) in [6.45, 7) is 8.38. The summed E-state index contributed by atoms with van der Waals surface area (Å²) >= 11 is 9.27. The fraction of sp³-hybridized carbons (Fsp3) is 0.130. The average Bonchev–Trinajstić information content (AvgIpc) is 3.22. The molecule has 0 radical (unpaired) electrons. The first-order chi connectivity index (χ1) is 28.5. The van der Waals surface area contributed by atoms with Gasteiger partial charge in [0.15, 0.2) is 5.75 Å². The normalized spacial score (nSPS) is 10.7. The number of ether oxygens (including phenoxy) is 1. The molecule has 0 aliphatic rings. The third-order valence-corrected chi connectivity index (χ3v) is 10.1. The van der Waals surface area contributed by atoms with Gasteiger partial charge in [-0.05, 0) is 121 Å². The summed E-state index contributed by atoms with van der Waals surface area (Å²) < 4.78 is 5.82. The molecule has 60 heavy (non-hydrogen) atoms. The monoisotopic (exact) mass is 889 g/mol. The summed E-state index contributed by atoms with van der Waals surface area (Å²) in [5.74, 6) is -1.22. The van der Waals surface area contributed by atoms with Crippen LogP contribution in [0, 0.1) is 17.0 Å². The standard InChI is InChI=1S/C25H25BrN2O2.C21H16ClN3O5/c1-16-8-9-18(14-22(16)26)24(30)28-21-7-5-6-20(15-21)27-23(29)17-10-12-19(13-11-17)25(2,3)4;1-30-19-10-7-14(11-18(19)25(28)29)21(27)24-17-4-2-3-16(12-17)23-20(26)13-5-8-15(22)9-6-13/h5-15H,1-4H3,(H,27,29)(H,28,30);2-12H,1H3,(H,23,26)(H,24,27). The first-order valence-electron chi connectivity index (χ1n) is 18.4. The van der Waals surface area contributed by atoms with Gasteiger partial charge < -0.3 is 26.0 Å². The Morgan fingerprint density at radius 2 is 1.00 bits per heavy atom. The minimum absolute atomic E-state index is 0.0363. The van der Waals surface area contributed by atoms with Crippen molar-refractivity contribution in [2.75, 3.05) is 28.4 Å². The number of nitro benzene ring substituents is 1. The van der Waals surface area contributed by atoms with E-state index in [0.717, 1.165) is 16.1 Å². The van der Waals surface area contributed by atoms with Crippen LogP contribution in [0.5, 0.6) is 5.75 Å². The Labute approximate surface area is 360 Å². The van der Waals surface area contributed by atoms with Crippen molar-refractivity contribution in [3.8, 4) is 5.75 Å². The number of amides is 4. The second-order valence-electron chi connectivity index (χ2n) is 14.4. The zero-order valence-electron chi connectivity index (χ0n) is 33.3. The molecular formula is C46H41BrClN5O7. The molecule has 0 bridgehead atoms. The van der Waals surface area contributed by atoms with Crippen LogP contribution in [0.1, 0.15) is 73.3 Å². The number of nitro groups is 1. The van der Waals surface area contributed by atoms with Crippen LogP contribution >= 0.6 is 27.5 Å². The smallest absolute Gasteiger partial charge is 0.311 e. The van der Waals surface area contributed by atoms with Crippen molar-refractivity contribution in [2.24, 2.45) is 0 Å². The molecule has 0 saturated carbocycles. The zero-order valence-corrected chi connectivity index (χ0v) is 35.6. The van der Waals surface area contributed by atoms with Gasteiger partial charge in [0.05, 0.1) is 12.0 Å². The Kier molecular flexibility index (Phi) is 14.6. The molecule has 14 heteroatoms. The number of carbonyl (C=O) groups excluding carboxylic acids is 4. The number of nitrogens with one attached hydrogen (secondary N) is 4. The maximum Gasteiger partial charge on any atom is 0.311 e. The Morgan fingerprint density at radius 1 is 0.600 bits per heavy atom. The summed E-state index contributed by atoms with van der Waals surface area (Å²) in [4.78, 5) is 60.5. The van der Waals surface area contributed by atoms with E-state index in [9.17, 15) is 29.3 Å². The van der Waals surface area contributed by atoms with Crippen molar-refractivity contribution < 1.29 is 28.8 Å². The molecule has 306 valence electrons. The van der Waals surface area contributed by atoms with E-state index in [1.165, 1.54) is 24.8 Å². The predicted octanol–water partition coefficient (Wildman–Crippen LogP) is 11.3. The lowest BCUT2D eigenvalue weighted by molar-refractivity contribution is -0.385. The van der Waals surface area contributed by atoms with Crippen molar-refractivity contribution in [3.63, 3.8) is 0 Å². The zero-order chi connectivity index (χ0) is 43.6. The number of hydrogen-bond donors (Lipinski definition) is 4. The van der Waals surface area contributed by atoms with Crippen molar-refractivity contribution in [3.05, 3.63) is 186 Å². The molecule has 6 aromatic rings. The summed E-state index contributed by atoms with van der Waals surface area (Å²) in [5.41, 5.74) is 5.73. The molecule has 6 rings (SSSR count). The van der Waals surface area contributed by atoms with E-state index in [1.54, 1.807) is 84.9 Å². The molecule has 0 fully saturated rings. The predicted molar refractivity (Wildman–Crippen MR) is 240 cm³/mol. The summed E-state index contributed by atoms with van der Waals surface area (Å²) in [6, 6.07) is 37.1. The maximum atomic E-state index is 12.6. The van der Waals surface area contributed by atoms with E-state index in [4.69, 9.17) is 16.3 Å². The molecule has 0 spiro atoms. The molecule has 0 aliphatic carbocycles. The van der Waals surface area contributed by atoms with Crippen molar-refractivity contribution in [1.82, 2.24) is 0 Å². The van der Waals surface area contributed by atoms with Crippen LogP contribution in [0.15, 0.2) is 138 Å². The number of carbonyl (C=O) groups is 4. The Bertz CT molecular complexity index is 2560. The Balaban J connectivity index is 0.000000228. The van der Waals surface area contributed by atoms with Gasteiger partial charge in [0.2, 0.25) is 0 Å². The van der Waals surface area contributed by atoms with Gasteiger partial charge in [-0.3, -0.25) is 29.3 Å². The largest absolute Gasteiger partial charge is 0.490 e. The molecule has 0 unspecified atom stereocenters. The second kappa shape index (κ2) is 19.7. The highest BCUT2D eigenvalue weighted by Crippen LogP contribution is 2.29. The number of hydrogen-bond acceptors (Lipinski definition) is 7. The molecular weight excluding hydrogens is 850 g/mol. The van der Waals surface area contributed by atoms with Gasteiger partial charge in [0.1, 0.15) is 0 Å². The van der Waals surface area contributed by atoms with E-state index >= 15 is 0 Å². The van der Waals surface area contributed by atoms with Gasteiger partial charge in [-0.1, -0.05) is 78.6 Å². The number of anilines is 4. The summed E-state index contributed by atoms with van der Waals surface area (Å²) in [5, 5.41) is 22.8. The van der Waals surface area contributed by atoms with Crippen molar-refractivity contribution >= 4 is 79.6 Å². The van der Waals surface area contributed by atoms with Gasteiger partial charge in [0.25, 0.3) is 23.6 Å². The van der Waals surface area contributed by atoms with Crippen LogP contribution in [0.3, 0.4) is 0 Å². The number of halogens is 2. The van der Waals surface area contributed by atoms with Gasteiger partial charge in [-0.15, -0.1) is 0 Å². The van der Waals surface area contributed by atoms with Crippen LogP contribution in [0.4, 0.5) is 28.4 Å². The number of aryl methyl sites for hydroxylation is 1. The molecule has 12 nitrogen and oxygen atoms in total. The topological polar surface area (TPSA) is 169 Å². The second-order valence-corrected chi connectivity index (χ2v) is 15.7. The van der Waals surface area contributed by atoms with Gasteiger partial charge in [-0.2, -0.15) is 0 Å². The highest BCUT2D eigenvalue weighted by molar-refractivity contribution is 9.10. The fourth-order valence-corrected chi connectivity index (χ4v) is 6.10. The SMILES string of the molecule is COc1ccc(C(=O)Nc2cccc(NC(=O)c3ccc(Cl)cc3)c2)cc1[N+](=O)[O-].Cc1ccc(C(=O)Nc2cccc(NC(=O)c3ccc(C(C)(C)C)cc3)c2)cc1Br. The lowest BCUT2D eigenvalue weighted by Crippen LogP contribution is -2.15. The third-order valence-electron chi connectivity index (χ3n) is 8.95. The van der Waals surface area contributed by atoms with Crippen LogP contribution < -0.4 is 26.0 Å². The van der Waals surface area contributed by atoms with E-state index in [2.05, 4.69) is 58.0 Å². The average molecular weight is 891 g/mol. The Morgan fingerprint density at radius 3 is 1.42 bits per heavy atom. The number of methoxy groups -OCH3 is 1. The molecule has 6 aromatic carbocycles. The van der Waals surface area contributed by atoms with Gasteiger partial charge in [0, 0.05) is 60.6 Å². The maximum absolute atomic E-state index is 12.6. The van der Waals surface area contributed by atoms with E-state index in [1.807, 2.05) is 37.3 Å². The van der Waals surface area contributed by atoms with Gasteiger partial charge in [-0.25, -0.2) is 0 Å². The first kappa shape index (κ1) is 44.3. The van der Waals surface area contributed by atoms with E-state index in [0.29, 0.717) is 44.5 Å².